The predicted octanol–water partition coefficient (Wildman–Crippen LogP) is 6.44. The van der Waals surface area contributed by atoms with Crippen molar-refractivity contribution in [3.8, 4) is 0 Å². The van der Waals surface area contributed by atoms with E-state index in [2.05, 4.69) is 38.1 Å². The maximum atomic E-state index is 6.74. The van der Waals surface area contributed by atoms with Crippen LogP contribution in [0.4, 0.5) is 0 Å². The van der Waals surface area contributed by atoms with Crippen molar-refractivity contribution in [3.63, 3.8) is 0 Å². The van der Waals surface area contributed by atoms with E-state index in [0.717, 1.165) is 26.9 Å². The highest BCUT2D eigenvalue weighted by atomic mass is 35.5. The molecule has 0 aliphatic carbocycles. The molecule has 3 aromatic carbocycles. The second-order valence-electron chi connectivity index (χ2n) is 5.39. The van der Waals surface area contributed by atoms with Gasteiger partial charge in [0.15, 0.2) is 0 Å². The Morgan fingerprint density at radius 3 is 2.24 bits per heavy atom. The molecule has 106 valence electrons. The van der Waals surface area contributed by atoms with Crippen molar-refractivity contribution in [2.24, 2.45) is 0 Å². The van der Waals surface area contributed by atoms with E-state index >= 15 is 0 Å². The van der Waals surface area contributed by atoms with E-state index in [1.165, 1.54) is 11.1 Å². The second-order valence-corrected chi connectivity index (χ2v) is 6.23. The quantitative estimate of drug-likeness (QED) is 0.477. The first-order chi connectivity index (χ1) is 10.1. The first-order valence-electron chi connectivity index (χ1n) is 6.96. The molecule has 0 aromatic heterocycles. The van der Waals surface area contributed by atoms with Gasteiger partial charge in [-0.1, -0.05) is 60.1 Å². The van der Waals surface area contributed by atoms with Gasteiger partial charge in [0.05, 0.1) is 5.38 Å². The molecule has 0 N–H and O–H groups in total. The lowest BCUT2D eigenvalue weighted by Crippen LogP contribution is -1.96. The lowest BCUT2D eigenvalue weighted by Gasteiger charge is -2.15. The molecule has 0 nitrogen and oxygen atoms in total. The summed E-state index contributed by atoms with van der Waals surface area (Å²) in [6.45, 7) is 4.22. The van der Waals surface area contributed by atoms with Gasteiger partial charge in [-0.3, -0.25) is 0 Å². The molecular weight excluding hydrogens is 299 g/mol. The van der Waals surface area contributed by atoms with Gasteiger partial charge < -0.3 is 0 Å². The van der Waals surface area contributed by atoms with Gasteiger partial charge in [0.2, 0.25) is 0 Å². The minimum Gasteiger partial charge on any atom is -0.113 e. The third-order valence-corrected chi connectivity index (χ3v) is 4.82. The molecule has 0 heterocycles. The van der Waals surface area contributed by atoms with E-state index in [-0.39, 0.29) is 5.38 Å². The lowest BCUT2D eigenvalue weighted by molar-refractivity contribution is 1.14. The van der Waals surface area contributed by atoms with Crippen molar-refractivity contribution in [2.75, 3.05) is 0 Å². The van der Waals surface area contributed by atoms with E-state index in [1.54, 1.807) is 0 Å². The standard InChI is InChI=1S/C19H16Cl2/c1-12-7-8-14(11-13(12)2)19(21)17-9-10-18(20)16-6-4-3-5-15(16)17/h3-11,19H,1-2H3. The SMILES string of the molecule is Cc1ccc(C(Cl)c2ccc(Cl)c3ccccc23)cc1C. The van der Waals surface area contributed by atoms with E-state index in [9.17, 15) is 0 Å². The summed E-state index contributed by atoms with van der Waals surface area (Å²) in [6, 6.07) is 18.5. The van der Waals surface area contributed by atoms with Crippen LogP contribution in [0.2, 0.25) is 5.02 Å². The van der Waals surface area contributed by atoms with Crippen molar-refractivity contribution >= 4 is 34.0 Å². The Bertz CT molecular complexity index is 806. The van der Waals surface area contributed by atoms with Crippen LogP contribution in [0.25, 0.3) is 10.8 Å². The summed E-state index contributed by atoms with van der Waals surface area (Å²) in [5, 5.41) is 2.75. The van der Waals surface area contributed by atoms with E-state index in [1.807, 2.05) is 30.3 Å². The van der Waals surface area contributed by atoms with Gasteiger partial charge in [-0.25, -0.2) is 0 Å². The van der Waals surface area contributed by atoms with Gasteiger partial charge in [0.25, 0.3) is 0 Å². The van der Waals surface area contributed by atoms with Crippen molar-refractivity contribution in [2.45, 2.75) is 19.2 Å². The van der Waals surface area contributed by atoms with Gasteiger partial charge >= 0.3 is 0 Å². The van der Waals surface area contributed by atoms with Gasteiger partial charge in [-0.15, -0.1) is 11.6 Å². The van der Waals surface area contributed by atoms with Crippen LogP contribution < -0.4 is 0 Å². The van der Waals surface area contributed by atoms with Crippen molar-refractivity contribution in [3.05, 3.63) is 81.9 Å². The van der Waals surface area contributed by atoms with Crippen LogP contribution in [0.3, 0.4) is 0 Å². The van der Waals surface area contributed by atoms with Crippen LogP contribution in [0.5, 0.6) is 0 Å². The Hall–Kier alpha value is -1.50. The third kappa shape index (κ3) is 2.66. The molecule has 0 amide bonds. The minimum absolute atomic E-state index is 0.175. The summed E-state index contributed by atoms with van der Waals surface area (Å²) in [6.07, 6.45) is 0. The summed E-state index contributed by atoms with van der Waals surface area (Å²) in [7, 11) is 0. The number of halogens is 2. The number of hydrogen-bond acceptors (Lipinski definition) is 0. The largest absolute Gasteiger partial charge is 0.113 e. The zero-order valence-corrected chi connectivity index (χ0v) is 13.5. The van der Waals surface area contributed by atoms with Crippen LogP contribution in [0, 0.1) is 13.8 Å². The first-order valence-corrected chi connectivity index (χ1v) is 7.78. The Morgan fingerprint density at radius 1 is 0.810 bits per heavy atom. The fourth-order valence-corrected chi connectivity index (χ4v) is 3.16. The molecule has 21 heavy (non-hydrogen) atoms. The van der Waals surface area contributed by atoms with Crippen LogP contribution in [0.1, 0.15) is 27.6 Å². The summed E-state index contributed by atoms with van der Waals surface area (Å²) in [5.74, 6) is 0. The topological polar surface area (TPSA) is 0 Å². The van der Waals surface area contributed by atoms with E-state index < -0.39 is 0 Å². The second kappa shape index (κ2) is 5.71. The molecule has 0 saturated heterocycles. The number of alkyl halides is 1. The molecule has 3 rings (SSSR count). The predicted molar refractivity (Wildman–Crippen MR) is 92.6 cm³/mol. The molecule has 0 fully saturated rings. The average molecular weight is 315 g/mol. The normalized spacial score (nSPS) is 12.6. The van der Waals surface area contributed by atoms with Crippen LogP contribution in [-0.4, -0.2) is 0 Å². The monoisotopic (exact) mass is 314 g/mol. The fraction of sp³-hybridized carbons (Fsp3) is 0.158. The Labute approximate surface area is 135 Å². The summed E-state index contributed by atoms with van der Waals surface area (Å²) >= 11 is 13.0. The Kier molecular flexibility index (Phi) is 3.93. The summed E-state index contributed by atoms with van der Waals surface area (Å²) < 4.78 is 0. The Balaban J connectivity index is 2.15. The lowest BCUT2D eigenvalue weighted by atomic mass is 9.96. The van der Waals surface area contributed by atoms with Gasteiger partial charge in [0.1, 0.15) is 0 Å². The van der Waals surface area contributed by atoms with Gasteiger partial charge in [-0.05, 0) is 47.6 Å². The zero-order valence-electron chi connectivity index (χ0n) is 12.0. The maximum absolute atomic E-state index is 6.74. The third-order valence-electron chi connectivity index (χ3n) is 4.00. The summed E-state index contributed by atoms with van der Waals surface area (Å²) in [5.41, 5.74) is 4.76. The highest BCUT2D eigenvalue weighted by Gasteiger charge is 2.15. The molecule has 2 heteroatoms. The molecular formula is C19H16Cl2. The van der Waals surface area contributed by atoms with Crippen molar-refractivity contribution < 1.29 is 0 Å². The molecule has 0 bridgehead atoms. The number of rotatable bonds is 2. The Morgan fingerprint density at radius 2 is 1.52 bits per heavy atom. The first kappa shape index (κ1) is 14.4. The number of hydrogen-bond donors (Lipinski definition) is 0. The van der Waals surface area contributed by atoms with Gasteiger partial charge in [-0.2, -0.15) is 0 Å². The van der Waals surface area contributed by atoms with Crippen molar-refractivity contribution in [1.29, 1.82) is 0 Å². The summed E-state index contributed by atoms with van der Waals surface area (Å²) in [4.78, 5) is 0. The van der Waals surface area contributed by atoms with Crippen LogP contribution in [0.15, 0.2) is 54.6 Å². The average Bonchev–Trinajstić information content (AvgIpc) is 2.50. The number of benzene rings is 3. The fourth-order valence-electron chi connectivity index (χ4n) is 2.61. The van der Waals surface area contributed by atoms with E-state index in [0.29, 0.717) is 0 Å². The molecule has 0 spiro atoms. The molecule has 0 aliphatic rings. The van der Waals surface area contributed by atoms with Crippen LogP contribution >= 0.6 is 23.2 Å². The van der Waals surface area contributed by atoms with Crippen LogP contribution in [-0.2, 0) is 0 Å². The van der Waals surface area contributed by atoms with E-state index in [4.69, 9.17) is 23.2 Å². The smallest absolute Gasteiger partial charge is 0.0841 e. The number of fused-ring (bicyclic) bond motifs is 1. The molecule has 1 atom stereocenters. The highest BCUT2D eigenvalue weighted by molar-refractivity contribution is 6.36. The highest BCUT2D eigenvalue weighted by Crippen LogP contribution is 2.36. The van der Waals surface area contributed by atoms with Gasteiger partial charge in [0, 0.05) is 10.4 Å². The molecule has 0 radical (unpaired) electrons. The molecule has 1 unspecified atom stereocenters. The molecule has 0 saturated carbocycles. The number of aryl methyl sites for hydroxylation is 2. The zero-order chi connectivity index (χ0) is 15.0. The molecule has 0 aliphatic heterocycles. The maximum Gasteiger partial charge on any atom is 0.0841 e. The van der Waals surface area contributed by atoms with Crippen molar-refractivity contribution in [1.82, 2.24) is 0 Å². The minimum atomic E-state index is -0.175. The molecule has 3 aromatic rings.